The van der Waals surface area contributed by atoms with Crippen LogP contribution >= 0.6 is 0 Å². The molecule has 1 atom stereocenters. The summed E-state index contributed by atoms with van der Waals surface area (Å²) in [6.45, 7) is 5.29. The van der Waals surface area contributed by atoms with Crippen LogP contribution in [0.1, 0.15) is 33.2 Å². The van der Waals surface area contributed by atoms with Gasteiger partial charge < -0.3 is 10.6 Å². The summed E-state index contributed by atoms with van der Waals surface area (Å²) < 4.78 is 0. The van der Waals surface area contributed by atoms with Gasteiger partial charge in [-0.2, -0.15) is 0 Å². The predicted octanol–water partition coefficient (Wildman–Crippen LogP) is 2.13. The molecule has 1 unspecified atom stereocenters. The van der Waals surface area contributed by atoms with Crippen LogP contribution in [0, 0.1) is 0 Å². The van der Waals surface area contributed by atoms with E-state index in [2.05, 4.69) is 24.0 Å². The third-order valence-corrected chi connectivity index (χ3v) is 4.62. The molecule has 0 radical (unpaired) electrons. The maximum atomic E-state index is 12.8. The third-order valence-electron chi connectivity index (χ3n) is 4.62. The number of hydrogen-bond donors (Lipinski definition) is 1. The third kappa shape index (κ3) is 4.06. The Hall–Kier alpha value is -2.66. The minimum Gasteiger partial charge on any atom is -0.366 e. The number of amides is 2. The van der Waals surface area contributed by atoms with Gasteiger partial charge in [0.15, 0.2) is 0 Å². The van der Waals surface area contributed by atoms with Gasteiger partial charge in [0.25, 0.3) is 5.91 Å². The Balaban J connectivity index is 1.66. The fourth-order valence-electron chi connectivity index (χ4n) is 3.29. The molecular weight excluding hydrogens is 314 g/mol. The van der Waals surface area contributed by atoms with Crippen molar-refractivity contribution in [3.63, 3.8) is 0 Å². The van der Waals surface area contributed by atoms with Gasteiger partial charge in [0.2, 0.25) is 5.91 Å². The van der Waals surface area contributed by atoms with Gasteiger partial charge >= 0.3 is 0 Å². The molecule has 2 aromatic carbocycles. The van der Waals surface area contributed by atoms with Crippen LogP contribution < -0.4 is 5.73 Å². The lowest BCUT2D eigenvalue weighted by Crippen LogP contribution is -2.53. The van der Waals surface area contributed by atoms with Crippen LogP contribution in [-0.2, 0) is 6.54 Å². The van der Waals surface area contributed by atoms with Gasteiger partial charge in [-0.05, 0) is 30.7 Å². The van der Waals surface area contributed by atoms with Crippen LogP contribution in [-0.4, -0.2) is 47.3 Å². The number of nitrogens with two attached hydrogens (primary N) is 1. The molecule has 1 fully saturated rings. The fraction of sp³-hybridized carbons (Fsp3) is 0.300. The van der Waals surface area contributed by atoms with Crippen molar-refractivity contribution in [1.29, 1.82) is 0 Å². The molecule has 1 heterocycles. The predicted molar refractivity (Wildman–Crippen MR) is 97.2 cm³/mol. The monoisotopic (exact) mass is 337 g/mol. The van der Waals surface area contributed by atoms with Crippen LogP contribution in [0.3, 0.4) is 0 Å². The molecule has 25 heavy (non-hydrogen) atoms. The zero-order valence-corrected chi connectivity index (χ0v) is 14.4. The molecule has 0 bridgehead atoms. The van der Waals surface area contributed by atoms with Gasteiger partial charge in [-0.1, -0.05) is 36.4 Å². The lowest BCUT2D eigenvalue weighted by Gasteiger charge is -2.40. The first-order valence-electron chi connectivity index (χ1n) is 8.51. The number of hydrogen-bond acceptors (Lipinski definition) is 3. The molecule has 2 aromatic rings. The van der Waals surface area contributed by atoms with E-state index in [9.17, 15) is 9.59 Å². The van der Waals surface area contributed by atoms with Crippen molar-refractivity contribution in [1.82, 2.24) is 9.80 Å². The molecule has 2 N–H and O–H groups in total. The van der Waals surface area contributed by atoms with Gasteiger partial charge in [-0.3, -0.25) is 14.5 Å². The zero-order chi connectivity index (χ0) is 17.8. The molecule has 0 aliphatic carbocycles. The SMILES string of the molecule is CC1CN(Cc2ccccc2)CCN1C(=O)c1cccc(C(N)=O)c1. The lowest BCUT2D eigenvalue weighted by atomic mass is 10.1. The second-order valence-corrected chi connectivity index (χ2v) is 6.51. The quantitative estimate of drug-likeness (QED) is 0.929. The highest BCUT2D eigenvalue weighted by atomic mass is 16.2. The van der Waals surface area contributed by atoms with Crippen molar-refractivity contribution in [3.05, 3.63) is 71.3 Å². The molecule has 5 heteroatoms. The molecular formula is C20H23N3O2. The molecule has 130 valence electrons. The van der Waals surface area contributed by atoms with Gasteiger partial charge in [0, 0.05) is 43.3 Å². The van der Waals surface area contributed by atoms with Crippen LogP contribution in [0.15, 0.2) is 54.6 Å². The minimum atomic E-state index is -0.518. The Morgan fingerprint density at radius 1 is 1.04 bits per heavy atom. The van der Waals surface area contributed by atoms with Gasteiger partial charge in [-0.25, -0.2) is 0 Å². The van der Waals surface area contributed by atoms with E-state index in [1.807, 2.05) is 23.1 Å². The Bertz CT molecular complexity index is 761. The molecule has 0 spiro atoms. The van der Waals surface area contributed by atoms with E-state index in [1.54, 1.807) is 24.3 Å². The summed E-state index contributed by atoms with van der Waals surface area (Å²) in [5.41, 5.74) is 7.47. The van der Waals surface area contributed by atoms with Crippen molar-refractivity contribution in [3.8, 4) is 0 Å². The smallest absolute Gasteiger partial charge is 0.254 e. The molecule has 1 aliphatic rings. The van der Waals surface area contributed by atoms with Crippen molar-refractivity contribution in [2.45, 2.75) is 19.5 Å². The Labute approximate surface area is 148 Å². The topological polar surface area (TPSA) is 66.6 Å². The van der Waals surface area contributed by atoms with E-state index >= 15 is 0 Å². The number of carbonyl (C=O) groups is 2. The highest BCUT2D eigenvalue weighted by Crippen LogP contribution is 2.17. The largest absolute Gasteiger partial charge is 0.366 e. The van der Waals surface area contributed by atoms with Crippen molar-refractivity contribution in [2.75, 3.05) is 19.6 Å². The summed E-state index contributed by atoms with van der Waals surface area (Å²) >= 11 is 0. The maximum absolute atomic E-state index is 12.8. The summed E-state index contributed by atoms with van der Waals surface area (Å²) in [5, 5.41) is 0. The fourth-order valence-corrected chi connectivity index (χ4v) is 3.29. The lowest BCUT2D eigenvalue weighted by molar-refractivity contribution is 0.0475. The van der Waals surface area contributed by atoms with E-state index in [-0.39, 0.29) is 11.9 Å². The minimum absolute atomic E-state index is 0.0463. The summed E-state index contributed by atoms with van der Waals surface area (Å²) in [4.78, 5) is 28.4. The maximum Gasteiger partial charge on any atom is 0.254 e. The van der Waals surface area contributed by atoms with Crippen LogP contribution in [0.5, 0.6) is 0 Å². The highest BCUT2D eigenvalue weighted by molar-refractivity contribution is 5.99. The van der Waals surface area contributed by atoms with Crippen LogP contribution in [0.4, 0.5) is 0 Å². The van der Waals surface area contributed by atoms with Crippen molar-refractivity contribution < 1.29 is 9.59 Å². The average Bonchev–Trinajstić information content (AvgIpc) is 2.62. The molecule has 1 saturated heterocycles. The van der Waals surface area contributed by atoms with Gasteiger partial charge in [-0.15, -0.1) is 0 Å². The number of benzene rings is 2. The summed E-state index contributed by atoms with van der Waals surface area (Å²) in [7, 11) is 0. The van der Waals surface area contributed by atoms with Crippen molar-refractivity contribution in [2.24, 2.45) is 5.73 Å². The number of nitrogens with zero attached hydrogens (tertiary/aromatic N) is 2. The standard InChI is InChI=1S/C20H23N3O2/c1-15-13-22(14-16-6-3-2-4-7-16)10-11-23(15)20(25)18-9-5-8-17(12-18)19(21)24/h2-9,12,15H,10-11,13-14H2,1H3,(H2,21,24). The first kappa shape index (κ1) is 17.2. The number of primary amides is 1. The number of rotatable bonds is 4. The number of piperazine rings is 1. The molecule has 3 rings (SSSR count). The molecule has 5 nitrogen and oxygen atoms in total. The second-order valence-electron chi connectivity index (χ2n) is 6.51. The van der Waals surface area contributed by atoms with Crippen molar-refractivity contribution >= 4 is 11.8 Å². The van der Waals surface area contributed by atoms with Gasteiger partial charge in [0.1, 0.15) is 0 Å². The summed E-state index contributed by atoms with van der Waals surface area (Å²) in [6, 6.07) is 17.1. The highest BCUT2D eigenvalue weighted by Gasteiger charge is 2.28. The van der Waals surface area contributed by atoms with E-state index in [1.165, 1.54) is 5.56 Å². The Morgan fingerprint density at radius 2 is 1.76 bits per heavy atom. The normalized spacial score (nSPS) is 18.1. The average molecular weight is 337 g/mol. The summed E-state index contributed by atoms with van der Waals surface area (Å²) in [6.07, 6.45) is 0. The van der Waals surface area contributed by atoms with E-state index < -0.39 is 5.91 Å². The molecule has 2 amide bonds. The second kappa shape index (κ2) is 7.49. The van der Waals surface area contributed by atoms with E-state index in [0.29, 0.717) is 17.7 Å². The first-order valence-corrected chi connectivity index (χ1v) is 8.51. The van der Waals surface area contributed by atoms with E-state index in [4.69, 9.17) is 5.73 Å². The molecule has 0 aromatic heterocycles. The first-order chi connectivity index (χ1) is 12.0. The zero-order valence-electron chi connectivity index (χ0n) is 14.4. The Morgan fingerprint density at radius 3 is 2.44 bits per heavy atom. The number of carbonyl (C=O) groups excluding carboxylic acids is 2. The van der Waals surface area contributed by atoms with E-state index in [0.717, 1.165) is 19.6 Å². The van der Waals surface area contributed by atoms with Gasteiger partial charge in [0.05, 0.1) is 0 Å². The molecule has 0 saturated carbocycles. The van der Waals surface area contributed by atoms with Crippen LogP contribution in [0.2, 0.25) is 0 Å². The molecule has 1 aliphatic heterocycles. The Kier molecular flexibility index (Phi) is 5.14. The van der Waals surface area contributed by atoms with Crippen LogP contribution in [0.25, 0.3) is 0 Å². The summed E-state index contributed by atoms with van der Waals surface area (Å²) in [5.74, 6) is -0.565.